The van der Waals surface area contributed by atoms with Gasteiger partial charge in [0.05, 0.1) is 11.6 Å². The fourth-order valence-corrected chi connectivity index (χ4v) is 1.79. The average Bonchev–Trinajstić information content (AvgIpc) is 2.22. The van der Waals surface area contributed by atoms with Gasteiger partial charge >= 0.3 is 0 Å². The summed E-state index contributed by atoms with van der Waals surface area (Å²) < 4.78 is 18.0. The fraction of sp³-hybridized carbons (Fsp3) is 0.500. The van der Waals surface area contributed by atoms with E-state index < -0.39 is 0 Å². The van der Waals surface area contributed by atoms with Gasteiger partial charge < -0.3 is 10.1 Å². The molecule has 1 aromatic rings. The summed E-state index contributed by atoms with van der Waals surface area (Å²) in [4.78, 5) is 0. The molecule has 0 aliphatic heterocycles. The van der Waals surface area contributed by atoms with E-state index >= 15 is 0 Å². The zero-order valence-electron chi connectivity index (χ0n) is 9.76. The Morgan fingerprint density at radius 1 is 1.44 bits per heavy atom. The topological polar surface area (TPSA) is 21.3 Å². The van der Waals surface area contributed by atoms with Crippen LogP contribution < -0.4 is 5.32 Å². The van der Waals surface area contributed by atoms with Crippen LogP contribution in [0.25, 0.3) is 0 Å². The van der Waals surface area contributed by atoms with Crippen molar-refractivity contribution in [3.8, 4) is 0 Å². The second-order valence-electron chi connectivity index (χ2n) is 3.92. The first-order chi connectivity index (χ1) is 7.54. The number of benzene rings is 1. The van der Waals surface area contributed by atoms with Crippen LogP contribution in [0.3, 0.4) is 0 Å². The fourth-order valence-electron chi connectivity index (χ4n) is 1.60. The van der Waals surface area contributed by atoms with Crippen LogP contribution in [0, 0.1) is 5.82 Å². The smallest absolute Gasteiger partial charge is 0.141 e. The van der Waals surface area contributed by atoms with E-state index in [1.165, 1.54) is 6.07 Å². The van der Waals surface area contributed by atoms with Gasteiger partial charge in [0.2, 0.25) is 0 Å². The molecule has 0 amide bonds. The van der Waals surface area contributed by atoms with E-state index in [1.807, 2.05) is 13.8 Å². The van der Waals surface area contributed by atoms with Crippen molar-refractivity contribution < 1.29 is 9.13 Å². The van der Waals surface area contributed by atoms with Crippen LogP contribution in [0.2, 0.25) is 5.02 Å². The summed E-state index contributed by atoms with van der Waals surface area (Å²) in [6, 6.07) is 5.12. The summed E-state index contributed by atoms with van der Waals surface area (Å²) >= 11 is 5.73. The lowest BCUT2D eigenvalue weighted by molar-refractivity contribution is 0.167. The van der Waals surface area contributed by atoms with Gasteiger partial charge in [-0.1, -0.05) is 17.7 Å². The van der Waals surface area contributed by atoms with Gasteiger partial charge in [0.25, 0.3) is 0 Å². The molecule has 0 fully saturated rings. The van der Waals surface area contributed by atoms with Crippen molar-refractivity contribution in [1.29, 1.82) is 0 Å². The second kappa shape index (κ2) is 6.18. The molecule has 0 saturated carbocycles. The molecule has 0 heterocycles. The summed E-state index contributed by atoms with van der Waals surface area (Å²) in [7, 11) is 1.66. The molecule has 1 rings (SSSR count). The number of nitrogens with one attached hydrogen (secondary N) is 1. The molecular formula is C12H17ClFNO. The highest BCUT2D eigenvalue weighted by atomic mass is 35.5. The molecule has 0 spiro atoms. The lowest BCUT2D eigenvalue weighted by Crippen LogP contribution is -2.32. The molecule has 16 heavy (non-hydrogen) atoms. The number of halogens is 2. The van der Waals surface area contributed by atoms with Gasteiger partial charge in [-0.05, 0) is 31.5 Å². The first kappa shape index (κ1) is 13.4. The normalized spacial score (nSPS) is 14.8. The SMILES string of the molecule is COCC(C)NC(C)c1ccc(F)c(Cl)c1. The van der Waals surface area contributed by atoms with Crippen molar-refractivity contribution in [2.75, 3.05) is 13.7 Å². The lowest BCUT2D eigenvalue weighted by atomic mass is 10.1. The largest absolute Gasteiger partial charge is 0.383 e. The first-order valence-corrected chi connectivity index (χ1v) is 5.62. The van der Waals surface area contributed by atoms with Crippen LogP contribution in [0.15, 0.2) is 18.2 Å². The van der Waals surface area contributed by atoms with Crippen LogP contribution in [0.4, 0.5) is 4.39 Å². The van der Waals surface area contributed by atoms with Crippen LogP contribution >= 0.6 is 11.6 Å². The van der Waals surface area contributed by atoms with E-state index in [1.54, 1.807) is 19.2 Å². The monoisotopic (exact) mass is 245 g/mol. The summed E-state index contributed by atoms with van der Waals surface area (Å²) in [5.41, 5.74) is 0.967. The Bertz CT molecular complexity index is 346. The Morgan fingerprint density at radius 3 is 2.69 bits per heavy atom. The first-order valence-electron chi connectivity index (χ1n) is 5.24. The third-order valence-electron chi connectivity index (χ3n) is 2.39. The van der Waals surface area contributed by atoms with Gasteiger partial charge in [-0.25, -0.2) is 4.39 Å². The van der Waals surface area contributed by atoms with E-state index in [0.29, 0.717) is 6.61 Å². The minimum Gasteiger partial charge on any atom is -0.383 e. The lowest BCUT2D eigenvalue weighted by Gasteiger charge is -2.20. The molecule has 1 N–H and O–H groups in total. The van der Waals surface area contributed by atoms with Gasteiger partial charge in [-0.3, -0.25) is 0 Å². The maximum absolute atomic E-state index is 13.0. The van der Waals surface area contributed by atoms with Gasteiger partial charge in [-0.2, -0.15) is 0 Å². The van der Waals surface area contributed by atoms with Crippen molar-refractivity contribution in [1.82, 2.24) is 5.32 Å². The summed E-state index contributed by atoms with van der Waals surface area (Å²) in [5, 5.41) is 3.50. The van der Waals surface area contributed by atoms with Crippen LogP contribution in [0.1, 0.15) is 25.5 Å². The molecule has 90 valence electrons. The van der Waals surface area contributed by atoms with Crippen LogP contribution in [-0.2, 0) is 4.74 Å². The highest BCUT2D eigenvalue weighted by molar-refractivity contribution is 6.30. The number of hydrogen-bond donors (Lipinski definition) is 1. The molecule has 2 unspecified atom stereocenters. The molecule has 0 saturated heterocycles. The molecule has 4 heteroatoms. The minimum atomic E-state index is -0.387. The van der Waals surface area contributed by atoms with E-state index in [0.717, 1.165) is 5.56 Å². The Labute approximate surface area is 101 Å². The molecule has 2 nitrogen and oxygen atoms in total. The van der Waals surface area contributed by atoms with Crippen molar-refractivity contribution >= 4 is 11.6 Å². The van der Waals surface area contributed by atoms with E-state index in [2.05, 4.69) is 5.32 Å². The summed E-state index contributed by atoms with van der Waals surface area (Å²) in [6.07, 6.45) is 0. The molecule has 2 atom stereocenters. The van der Waals surface area contributed by atoms with Crippen LogP contribution in [0.5, 0.6) is 0 Å². The Kier molecular flexibility index (Phi) is 5.19. The highest BCUT2D eigenvalue weighted by Crippen LogP contribution is 2.20. The molecule has 1 aromatic carbocycles. The number of hydrogen-bond acceptors (Lipinski definition) is 2. The maximum Gasteiger partial charge on any atom is 0.141 e. The molecule has 0 aliphatic rings. The minimum absolute atomic E-state index is 0.114. The molecular weight excluding hydrogens is 229 g/mol. The summed E-state index contributed by atoms with van der Waals surface area (Å²) in [6.45, 7) is 4.68. The van der Waals surface area contributed by atoms with Gasteiger partial charge in [0.15, 0.2) is 0 Å². The Balaban J connectivity index is 2.65. The maximum atomic E-state index is 13.0. The van der Waals surface area contributed by atoms with E-state index in [9.17, 15) is 4.39 Å². The second-order valence-corrected chi connectivity index (χ2v) is 4.33. The number of rotatable bonds is 5. The molecule has 0 aromatic heterocycles. The molecule has 0 radical (unpaired) electrons. The predicted molar refractivity (Wildman–Crippen MR) is 64.3 cm³/mol. The van der Waals surface area contributed by atoms with Crippen molar-refractivity contribution in [3.63, 3.8) is 0 Å². The Morgan fingerprint density at radius 2 is 2.12 bits per heavy atom. The van der Waals surface area contributed by atoms with Gasteiger partial charge in [-0.15, -0.1) is 0 Å². The van der Waals surface area contributed by atoms with Crippen molar-refractivity contribution in [3.05, 3.63) is 34.6 Å². The molecule has 0 aliphatic carbocycles. The van der Waals surface area contributed by atoms with Gasteiger partial charge in [0.1, 0.15) is 5.82 Å². The van der Waals surface area contributed by atoms with E-state index in [4.69, 9.17) is 16.3 Å². The third kappa shape index (κ3) is 3.74. The standard InChI is InChI=1S/C12H17ClFNO/c1-8(7-16-3)15-9(2)10-4-5-12(14)11(13)6-10/h4-6,8-9,15H,7H2,1-3H3. The predicted octanol–water partition coefficient (Wildman–Crippen LogP) is 3.16. The van der Waals surface area contributed by atoms with E-state index in [-0.39, 0.29) is 22.9 Å². The van der Waals surface area contributed by atoms with Crippen LogP contribution in [-0.4, -0.2) is 19.8 Å². The molecule has 0 bridgehead atoms. The summed E-state index contributed by atoms with van der Waals surface area (Å²) in [5.74, 6) is -0.387. The zero-order chi connectivity index (χ0) is 12.1. The highest BCUT2D eigenvalue weighted by Gasteiger charge is 2.10. The Hall–Kier alpha value is -0.640. The number of methoxy groups -OCH3 is 1. The third-order valence-corrected chi connectivity index (χ3v) is 2.68. The van der Waals surface area contributed by atoms with Gasteiger partial charge in [0, 0.05) is 19.2 Å². The number of ether oxygens (including phenoxy) is 1. The quantitative estimate of drug-likeness (QED) is 0.861. The zero-order valence-corrected chi connectivity index (χ0v) is 10.5. The average molecular weight is 246 g/mol. The van der Waals surface area contributed by atoms with Crippen molar-refractivity contribution in [2.45, 2.75) is 25.9 Å². The van der Waals surface area contributed by atoms with Crippen molar-refractivity contribution in [2.24, 2.45) is 0 Å².